The number of thioether (sulfide) groups is 1. The number of hydrogen-bond donors (Lipinski definition) is 0. The van der Waals surface area contributed by atoms with E-state index in [1.165, 1.54) is 0 Å². The average molecular weight is 408 g/mol. The molecule has 29 heavy (non-hydrogen) atoms. The lowest BCUT2D eigenvalue weighted by Crippen LogP contribution is -2.01. The van der Waals surface area contributed by atoms with Crippen molar-refractivity contribution in [2.24, 2.45) is 7.05 Å². The minimum Gasteiger partial charge on any atom is -0.494 e. The largest absolute Gasteiger partial charge is 0.494 e. The third-order valence-electron chi connectivity index (χ3n) is 4.69. The van der Waals surface area contributed by atoms with Gasteiger partial charge in [0.25, 0.3) is 5.78 Å². The Balaban J connectivity index is 1.30. The second-order valence-electron chi connectivity index (χ2n) is 6.48. The van der Waals surface area contributed by atoms with Gasteiger partial charge in [-0.2, -0.15) is 4.52 Å². The second-order valence-corrected chi connectivity index (χ2v) is 7.54. The average Bonchev–Trinajstić information content (AvgIpc) is 3.38. The topological polar surface area (TPSA) is 70.9 Å². The number of imidazole rings is 1. The van der Waals surface area contributed by atoms with Gasteiger partial charge in [-0.25, -0.2) is 4.40 Å². The maximum atomic E-state index is 5.81. The summed E-state index contributed by atoms with van der Waals surface area (Å²) in [5.41, 5.74) is 2.17. The Bertz CT molecular complexity index is 1290. The molecule has 5 aromatic rings. The molecule has 0 aliphatic rings. The zero-order valence-corrected chi connectivity index (χ0v) is 17.0. The molecule has 0 spiro atoms. The third kappa shape index (κ3) is 3.07. The Morgan fingerprint density at radius 3 is 2.38 bits per heavy atom. The van der Waals surface area contributed by atoms with Crippen LogP contribution in [0, 0.1) is 0 Å². The van der Waals surface area contributed by atoms with Crippen LogP contribution < -0.4 is 9.47 Å². The van der Waals surface area contributed by atoms with Crippen LogP contribution in [-0.2, 0) is 7.05 Å². The van der Waals surface area contributed by atoms with Gasteiger partial charge in [-0.15, -0.1) is 15.3 Å². The number of fused-ring (bicyclic) bond motifs is 5. The molecule has 0 radical (unpaired) electrons. The highest BCUT2D eigenvalue weighted by Crippen LogP contribution is 2.24. The normalized spacial score (nSPS) is 11.7. The zero-order chi connectivity index (χ0) is 19.8. The Hall–Kier alpha value is -3.20. The molecule has 5 rings (SSSR count). The molecule has 148 valence electrons. The fourth-order valence-corrected chi connectivity index (χ4v) is 4.06. The molecule has 0 amide bonds. The van der Waals surface area contributed by atoms with Crippen LogP contribution in [0.3, 0.4) is 0 Å². The molecule has 9 heteroatoms. The fraction of sp³-hybridized carbons (Fsp3) is 0.250. The van der Waals surface area contributed by atoms with Crippen molar-refractivity contribution in [3.05, 3.63) is 48.5 Å². The zero-order valence-electron chi connectivity index (χ0n) is 16.1. The number of rotatable bonds is 7. The van der Waals surface area contributed by atoms with Crippen LogP contribution in [0.4, 0.5) is 0 Å². The van der Waals surface area contributed by atoms with E-state index < -0.39 is 0 Å². The molecule has 0 aliphatic heterocycles. The van der Waals surface area contributed by atoms with Crippen LogP contribution >= 0.6 is 11.8 Å². The number of aryl methyl sites for hydroxylation is 1. The van der Waals surface area contributed by atoms with Crippen molar-refractivity contribution in [1.29, 1.82) is 0 Å². The van der Waals surface area contributed by atoms with Gasteiger partial charge >= 0.3 is 0 Å². The van der Waals surface area contributed by atoms with Crippen molar-refractivity contribution in [1.82, 2.24) is 28.8 Å². The lowest BCUT2D eigenvalue weighted by atomic mass is 10.3. The molecule has 0 fully saturated rings. The van der Waals surface area contributed by atoms with Gasteiger partial charge in [0.05, 0.1) is 24.2 Å². The van der Waals surface area contributed by atoms with Crippen LogP contribution in [0.5, 0.6) is 11.5 Å². The summed E-state index contributed by atoms with van der Waals surface area (Å²) < 4.78 is 17.1. The Labute approximate surface area is 171 Å². The molecular weight excluding hydrogens is 388 g/mol. The van der Waals surface area contributed by atoms with Gasteiger partial charge in [0, 0.05) is 12.8 Å². The standard InChI is InChI=1S/C20H20N6O2S/c1-3-27-14-8-10-15(11-9-14)28-12-13-29-20-22-21-18-25-17-7-5-4-6-16(17)24(2)19(25)23-26(18)20/h4-11H,3,12-13H2,1-2H3. The van der Waals surface area contributed by atoms with E-state index >= 15 is 0 Å². The number of para-hydroxylation sites is 2. The second kappa shape index (κ2) is 7.32. The fourth-order valence-electron chi connectivity index (χ4n) is 3.37. The summed E-state index contributed by atoms with van der Waals surface area (Å²) >= 11 is 1.57. The first-order valence-corrected chi connectivity index (χ1v) is 10.4. The number of aromatic nitrogens is 6. The van der Waals surface area contributed by atoms with Gasteiger partial charge in [-0.1, -0.05) is 23.9 Å². The monoisotopic (exact) mass is 408 g/mol. The number of ether oxygens (including phenoxy) is 2. The number of hydrogen-bond acceptors (Lipinski definition) is 6. The van der Waals surface area contributed by atoms with E-state index in [4.69, 9.17) is 14.6 Å². The minimum absolute atomic E-state index is 0.559. The Morgan fingerprint density at radius 2 is 1.62 bits per heavy atom. The molecule has 0 bridgehead atoms. The van der Waals surface area contributed by atoms with E-state index in [0.29, 0.717) is 19.0 Å². The predicted molar refractivity (Wildman–Crippen MR) is 112 cm³/mol. The van der Waals surface area contributed by atoms with E-state index in [2.05, 4.69) is 26.9 Å². The third-order valence-corrected chi connectivity index (χ3v) is 5.57. The van der Waals surface area contributed by atoms with Gasteiger partial charge in [0.1, 0.15) is 11.5 Å². The quantitative estimate of drug-likeness (QED) is 0.303. The number of benzene rings is 2. The van der Waals surface area contributed by atoms with Gasteiger partial charge in [-0.3, -0.25) is 0 Å². The summed E-state index contributed by atoms with van der Waals surface area (Å²) in [5, 5.41) is 14.1. The van der Waals surface area contributed by atoms with Crippen molar-refractivity contribution in [2.75, 3.05) is 19.0 Å². The van der Waals surface area contributed by atoms with Gasteiger partial charge in [0.2, 0.25) is 10.9 Å². The van der Waals surface area contributed by atoms with Crippen LogP contribution in [0.25, 0.3) is 22.6 Å². The van der Waals surface area contributed by atoms with E-state index in [1.54, 1.807) is 16.3 Å². The lowest BCUT2D eigenvalue weighted by Gasteiger charge is -2.07. The molecule has 2 aromatic carbocycles. The molecule has 8 nitrogen and oxygen atoms in total. The SMILES string of the molecule is CCOc1ccc(OCCSc2nnc3n2nc2n(C)c4ccccc4n23)cc1. The molecule has 0 saturated heterocycles. The van der Waals surface area contributed by atoms with Crippen molar-refractivity contribution < 1.29 is 9.47 Å². The first kappa shape index (κ1) is 17.9. The van der Waals surface area contributed by atoms with E-state index in [-0.39, 0.29) is 0 Å². The van der Waals surface area contributed by atoms with Crippen molar-refractivity contribution in [3.63, 3.8) is 0 Å². The highest BCUT2D eigenvalue weighted by atomic mass is 32.2. The Morgan fingerprint density at radius 1 is 0.897 bits per heavy atom. The smallest absolute Gasteiger partial charge is 0.260 e. The summed E-state index contributed by atoms with van der Waals surface area (Å²) in [4.78, 5) is 0. The van der Waals surface area contributed by atoms with Crippen molar-refractivity contribution >= 4 is 34.4 Å². The molecule has 0 aliphatic carbocycles. The van der Waals surface area contributed by atoms with E-state index in [9.17, 15) is 0 Å². The lowest BCUT2D eigenvalue weighted by molar-refractivity contribution is 0.332. The van der Waals surface area contributed by atoms with Gasteiger partial charge < -0.3 is 14.0 Å². The first-order valence-electron chi connectivity index (χ1n) is 9.42. The molecule has 3 aromatic heterocycles. The predicted octanol–water partition coefficient (Wildman–Crippen LogP) is 3.44. The summed E-state index contributed by atoms with van der Waals surface area (Å²) in [7, 11) is 2.01. The van der Waals surface area contributed by atoms with Gasteiger partial charge in [-0.05, 0) is 43.3 Å². The Kier molecular flexibility index (Phi) is 4.51. The van der Waals surface area contributed by atoms with Crippen molar-refractivity contribution in [2.45, 2.75) is 12.1 Å². The number of nitrogens with zero attached hydrogens (tertiary/aromatic N) is 6. The molecule has 0 atom stereocenters. The summed E-state index contributed by atoms with van der Waals surface area (Å²) in [6.45, 7) is 3.18. The van der Waals surface area contributed by atoms with Crippen LogP contribution in [0.2, 0.25) is 0 Å². The maximum absolute atomic E-state index is 5.81. The summed E-state index contributed by atoms with van der Waals surface area (Å²) in [5.74, 6) is 3.96. The van der Waals surface area contributed by atoms with Crippen LogP contribution in [0.15, 0.2) is 53.7 Å². The molecule has 0 unspecified atom stereocenters. The minimum atomic E-state index is 0.559. The first-order chi connectivity index (χ1) is 14.3. The molecule has 0 N–H and O–H groups in total. The van der Waals surface area contributed by atoms with Gasteiger partial charge in [0.15, 0.2) is 0 Å². The highest BCUT2D eigenvalue weighted by Gasteiger charge is 2.18. The molecule has 0 saturated carbocycles. The van der Waals surface area contributed by atoms with Crippen LogP contribution in [-0.4, -0.2) is 47.7 Å². The molecule has 3 heterocycles. The molecular formula is C20H20N6O2S. The van der Waals surface area contributed by atoms with Crippen LogP contribution in [0.1, 0.15) is 6.92 Å². The summed E-state index contributed by atoms with van der Waals surface area (Å²) in [6.07, 6.45) is 0. The highest BCUT2D eigenvalue weighted by molar-refractivity contribution is 7.99. The van der Waals surface area contributed by atoms with E-state index in [1.807, 2.05) is 54.8 Å². The maximum Gasteiger partial charge on any atom is 0.260 e. The summed E-state index contributed by atoms with van der Waals surface area (Å²) in [6, 6.07) is 15.8. The van der Waals surface area contributed by atoms with Crippen molar-refractivity contribution in [3.8, 4) is 11.5 Å². The van der Waals surface area contributed by atoms with E-state index in [0.717, 1.165) is 39.2 Å².